The van der Waals surface area contributed by atoms with E-state index in [2.05, 4.69) is 5.48 Å². The molecular formula is C9H12N2O3. The van der Waals surface area contributed by atoms with E-state index < -0.39 is 4.92 Å². The molecule has 0 aliphatic carbocycles. The van der Waals surface area contributed by atoms with Crippen molar-refractivity contribution in [2.75, 3.05) is 0 Å². The number of hydrogen-bond acceptors (Lipinski definition) is 4. The molecule has 0 saturated heterocycles. The fourth-order valence-electron chi connectivity index (χ4n) is 1.26. The number of hydroxylamine groups is 1. The number of nitro groups is 1. The van der Waals surface area contributed by atoms with Crippen LogP contribution in [0, 0.1) is 10.1 Å². The van der Waals surface area contributed by atoms with Gasteiger partial charge in [0.05, 0.1) is 11.0 Å². The van der Waals surface area contributed by atoms with E-state index in [4.69, 9.17) is 5.21 Å². The van der Waals surface area contributed by atoms with Crippen molar-refractivity contribution in [2.45, 2.75) is 19.4 Å². The number of nitrogens with zero attached hydrogens (tertiary/aromatic N) is 1. The Hall–Kier alpha value is -1.46. The van der Waals surface area contributed by atoms with E-state index in [0.717, 1.165) is 0 Å². The van der Waals surface area contributed by atoms with Crippen LogP contribution < -0.4 is 5.48 Å². The van der Waals surface area contributed by atoms with Crippen LogP contribution in [0.25, 0.3) is 0 Å². The Bertz CT molecular complexity index is 324. The zero-order valence-electron chi connectivity index (χ0n) is 7.80. The highest BCUT2D eigenvalue weighted by Gasteiger charge is 2.11. The molecule has 0 aromatic heterocycles. The molecule has 2 N–H and O–H groups in total. The molecule has 76 valence electrons. The second-order valence-corrected chi connectivity index (χ2v) is 2.94. The quantitative estimate of drug-likeness (QED) is 0.570. The molecule has 0 saturated carbocycles. The predicted molar refractivity (Wildman–Crippen MR) is 51.1 cm³/mol. The predicted octanol–water partition coefficient (Wildman–Crippen LogP) is 2.02. The van der Waals surface area contributed by atoms with Crippen molar-refractivity contribution in [3.8, 4) is 0 Å². The maximum atomic E-state index is 10.5. The van der Waals surface area contributed by atoms with Crippen LogP contribution in [-0.4, -0.2) is 10.1 Å². The second kappa shape index (κ2) is 4.69. The van der Waals surface area contributed by atoms with Gasteiger partial charge >= 0.3 is 0 Å². The van der Waals surface area contributed by atoms with Crippen LogP contribution in [0.3, 0.4) is 0 Å². The minimum Gasteiger partial charge on any atom is -0.316 e. The highest BCUT2D eigenvalue weighted by atomic mass is 16.6. The van der Waals surface area contributed by atoms with E-state index in [1.807, 2.05) is 6.92 Å². The van der Waals surface area contributed by atoms with Gasteiger partial charge < -0.3 is 5.21 Å². The van der Waals surface area contributed by atoms with Gasteiger partial charge in [0.2, 0.25) is 0 Å². The first-order chi connectivity index (χ1) is 6.69. The summed E-state index contributed by atoms with van der Waals surface area (Å²) in [6, 6.07) is 5.97. The topological polar surface area (TPSA) is 75.4 Å². The Balaban J connectivity index is 2.98. The third kappa shape index (κ3) is 2.27. The monoisotopic (exact) mass is 196 g/mol. The Morgan fingerprint density at radius 3 is 2.86 bits per heavy atom. The Morgan fingerprint density at radius 1 is 1.64 bits per heavy atom. The van der Waals surface area contributed by atoms with Crippen LogP contribution in [0.1, 0.15) is 24.9 Å². The summed E-state index contributed by atoms with van der Waals surface area (Å²) < 4.78 is 0. The van der Waals surface area contributed by atoms with Gasteiger partial charge in [0, 0.05) is 12.1 Å². The molecular weight excluding hydrogens is 184 g/mol. The number of non-ortho nitro benzene ring substituents is 1. The molecule has 0 fully saturated rings. The molecule has 0 radical (unpaired) electrons. The molecule has 0 bridgehead atoms. The summed E-state index contributed by atoms with van der Waals surface area (Å²) in [5, 5.41) is 19.3. The van der Waals surface area contributed by atoms with E-state index >= 15 is 0 Å². The molecule has 5 nitrogen and oxygen atoms in total. The summed E-state index contributed by atoms with van der Waals surface area (Å²) in [6.07, 6.45) is 0.664. The molecule has 0 aliphatic rings. The first kappa shape index (κ1) is 10.6. The van der Waals surface area contributed by atoms with Crippen molar-refractivity contribution in [3.63, 3.8) is 0 Å². The maximum absolute atomic E-state index is 10.5. The van der Waals surface area contributed by atoms with Gasteiger partial charge in [-0.1, -0.05) is 19.1 Å². The van der Waals surface area contributed by atoms with Gasteiger partial charge in [0.1, 0.15) is 0 Å². The molecule has 1 atom stereocenters. The lowest BCUT2D eigenvalue weighted by molar-refractivity contribution is -0.384. The molecule has 1 unspecified atom stereocenters. The Kier molecular flexibility index (Phi) is 3.55. The fourth-order valence-corrected chi connectivity index (χ4v) is 1.26. The summed E-state index contributed by atoms with van der Waals surface area (Å²) >= 11 is 0. The maximum Gasteiger partial charge on any atom is 0.269 e. The summed E-state index contributed by atoms with van der Waals surface area (Å²) in [5.41, 5.74) is 2.86. The molecule has 14 heavy (non-hydrogen) atoms. The van der Waals surface area contributed by atoms with Crippen molar-refractivity contribution in [2.24, 2.45) is 0 Å². The van der Waals surface area contributed by atoms with Gasteiger partial charge in [0.15, 0.2) is 0 Å². The van der Waals surface area contributed by atoms with Crippen LogP contribution in [0.2, 0.25) is 0 Å². The second-order valence-electron chi connectivity index (χ2n) is 2.94. The zero-order chi connectivity index (χ0) is 10.6. The van der Waals surface area contributed by atoms with Crippen LogP contribution >= 0.6 is 0 Å². The Labute approximate surface area is 81.5 Å². The van der Waals surface area contributed by atoms with Gasteiger partial charge in [0.25, 0.3) is 5.69 Å². The van der Waals surface area contributed by atoms with E-state index in [0.29, 0.717) is 12.0 Å². The smallest absolute Gasteiger partial charge is 0.269 e. The molecule has 0 spiro atoms. The van der Waals surface area contributed by atoms with E-state index in [-0.39, 0.29) is 11.7 Å². The average molecular weight is 196 g/mol. The van der Waals surface area contributed by atoms with Gasteiger partial charge in [-0.3, -0.25) is 10.1 Å². The molecule has 0 aliphatic heterocycles. The molecule has 1 aromatic rings. The summed E-state index contributed by atoms with van der Waals surface area (Å²) in [6.45, 7) is 1.88. The first-order valence-electron chi connectivity index (χ1n) is 4.33. The number of benzene rings is 1. The minimum absolute atomic E-state index is 0.0381. The standard InChI is InChI=1S/C9H12N2O3/c1-2-9(10-12)7-4-3-5-8(6-7)11(13)14/h3-6,9-10,12H,2H2,1H3. The number of rotatable bonds is 4. The SMILES string of the molecule is CCC(NO)c1cccc([N+](=O)[O-])c1. The van der Waals surface area contributed by atoms with Gasteiger partial charge in [-0.25, -0.2) is 0 Å². The van der Waals surface area contributed by atoms with Crippen LogP contribution in [0.4, 0.5) is 5.69 Å². The Morgan fingerprint density at radius 2 is 2.36 bits per heavy atom. The van der Waals surface area contributed by atoms with Crippen LogP contribution in [0.15, 0.2) is 24.3 Å². The summed E-state index contributed by atoms with van der Waals surface area (Å²) in [4.78, 5) is 10.0. The highest BCUT2D eigenvalue weighted by molar-refractivity contribution is 5.35. The number of nitrogens with one attached hydrogen (secondary N) is 1. The van der Waals surface area contributed by atoms with E-state index in [1.54, 1.807) is 12.1 Å². The summed E-state index contributed by atoms with van der Waals surface area (Å²) in [5.74, 6) is 0. The molecule has 0 heterocycles. The zero-order valence-corrected chi connectivity index (χ0v) is 7.80. The van der Waals surface area contributed by atoms with Crippen molar-refractivity contribution < 1.29 is 10.1 Å². The molecule has 1 rings (SSSR count). The van der Waals surface area contributed by atoms with Crippen LogP contribution in [-0.2, 0) is 0 Å². The third-order valence-electron chi connectivity index (χ3n) is 2.05. The lowest BCUT2D eigenvalue weighted by atomic mass is 10.1. The molecule has 1 aromatic carbocycles. The first-order valence-corrected chi connectivity index (χ1v) is 4.33. The fraction of sp³-hybridized carbons (Fsp3) is 0.333. The number of nitro benzene ring substituents is 1. The van der Waals surface area contributed by atoms with Gasteiger partial charge in [-0.15, -0.1) is 0 Å². The molecule has 0 amide bonds. The highest BCUT2D eigenvalue weighted by Crippen LogP contribution is 2.20. The van der Waals surface area contributed by atoms with E-state index in [9.17, 15) is 10.1 Å². The van der Waals surface area contributed by atoms with Gasteiger partial charge in [-0.2, -0.15) is 5.48 Å². The van der Waals surface area contributed by atoms with Crippen molar-refractivity contribution in [3.05, 3.63) is 39.9 Å². The van der Waals surface area contributed by atoms with Crippen molar-refractivity contribution >= 4 is 5.69 Å². The lowest BCUT2D eigenvalue weighted by Gasteiger charge is -2.11. The summed E-state index contributed by atoms with van der Waals surface area (Å²) in [7, 11) is 0. The van der Waals surface area contributed by atoms with Crippen molar-refractivity contribution in [1.82, 2.24) is 5.48 Å². The minimum atomic E-state index is -0.451. The van der Waals surface area contributed by atoms with Crippen LogP contribution in [0.5, 0.6) is 0 Å². The normalized spacial score (nSPS) is 12.4. The largest absolute Gasteiger partial charge is 0.316 e. The lowest BCUT2D eigenvalue weighted by Crippen LogP contribution is -2.15. The van der Waals surface area contributed by atoms with Crippen molar-refractivity contribution in [1.29, 1.82) is 0 Å². The molecule has 5 heteroatoms. The van der Waals surface area contributed by atoms with Gasteiger partial charge in [-0.05, 0) is 12.0 Å². The number of hydrogen-bond donors (Lipinski definition) is 2. The average Bonchev–Trinajstić information content (AvgIpc) is 2.20. The third-order valence-corrected chi connectivity index (χ3v) is 2.05. The van der Waals surface area contributed by atoms with E-state index in [1.165, 1.54) is 12.1 Å².